The minimum absolute atomic E-state index is 0.304. The smallest absolute Gasteiger partial charge is 0.339 e. The summed E-state index contributed by atoms with van der Waals surface area (Å²) >= 11 is 0. The summed E-state index contributed by atoms with van der Waals surface area (Å²) in [6.07, 6.45) is 0.304. The molecule has 0 aromatic heterocycles. The van der Waals surface area contributed by atoms with Gasteiger partial charge in [-0.05, 0) is 44.5 Å². The summed E-state index contributed by atoms with van der Waals surface area (Å²) in [5.41, 5.74) is 2.16. The summed E-state index contributed by atoms with van der Waals surface area (Å²) in [5.74, 6) is 5.71. The van der Waals surface area contributed by atoms with Crippen molar-refractivity contribution in [2.24, 2.45) is 0 Å². The minimum atomic E-state index is -0.559. The fourth-order valence-electron chi connectivity index (χ4n) is 2.12. The van der Waals surface area contributed by atoms with Gasteiger partial charge in [0, 0.05) is 11.1 Å². The number of ether oxygens (including phenoxy) is 1. The molecule has 0 radical (unpaired) electrons. The van der Waals surface area contributed by atoms with Gasteiger partial charge in [0.05, 0.1) is 18.1 Å². The lowest BCUT2D eigenvalue weighted by molar-refractivity contribution is 0.00692. The molecule has 0 fully saturated rings. The Morgan fingerprint density at radius 2 is 1.58 bits per heavy atom. The topological polar surface area (TPSA) is 50.1 Å². The summed E-state index contributed by atoms with van der Waals surface area (Å²) in [6.45, 7) is 5.49. The standard InChI is InChI=1S/C21H19NO2/c1-21(2,3)24-20(23)19-11-7-6-10-18(19)13-12-16-8-4-5-9-17(16)14-15-22/h4-11H,14H2,1-3H3. The molecule has 0 amide bonds. The third-order valence-electron chi connectivity index (χ3n) is 3.16. The quantitative estimate of drug-likeness (QED) is 0.619. The molecule has 2 aromatic carbocycles. The van der Waals surface area contributed by atoms with E-state index in [4.69, 9.17) is 10.00 Å². The van der Waals surface area contributed by atoms with Gasteiger partial charge in [-0.2, -0.15) is 5.26 Å². The summed E-state index contributed by atoms with van der Waals surface area (Å²) in [7, 11) is 0. The average molecular weight is 317 g/mol. The van der Waals surface area contributed by atoms with Crippen molar-refractivity contribution in [3.63, 3.8) is 0 Å². The van der Waals surface area contributed by atoms with Gasteiger partial charge in [-0.15, -0.1) is 0 Å². The maximum atomic E-state index is 12.3. The zero-order chi connectivity index (χ0) is 17.6. The Morgan fingerprint density at radius 3 is 2.25 bits per heavy atom. The minimum Gasteiger partial charge on any atom is -0.456 e. The van der Waals surface area contributed by atoms with Crippen LogP contribution in [0, 0.1) is 23.2 Å². The first-order chi connectivity index (χ1) is 11.4. The van der Waals surface area contributed by atoms with Gasteiger partial charge < -0.3 is 4.74 Å². The highest BCUT2D eigenvalue weighted by molar-refractivity contribution is 5.92. The van der Waals surface area contributed by atoms with Crippen molar-refractivity contribution in [3.05, 3.63) is 70.8 Å². The molecular weight excluding hydrogens is 298 g/mol. The average Bonchev–Trinajstić information content (AvgIpc) is 2.53. The molecule has 0 N–H and O–H groups in total. The summed E-state index contributed by atoms with van der Waals surface area (Å²) < 4.78 is 5.43. The Labute approximate surface area is 142 Å². The van der Waals surface area contributed by atoms with E-state index in [1.165, 1.54) is 0 Å². The fraction of sp³-hybridized carbons (Fsp3) is 0.238. The number of rotatable bonds is 2. The molecule has 2 aromatic rings. The first-order valence-corrected chi connectivity index (χ1v) is 7.70. The third kappa shape index (κ3) is 4.73. The van der Waals surface area contributed by atoms with E-state index in [1.54, 1.807) is 18.2 Å². The Bertz CT molecular complexity index is 842. The number of nitriles is 1. The van der Waals surface area contributed by atoms with Crippen molar-refractivity contribution < 1.29 is 9.53 Å². The van der Waals surface area contributed by atoms with Crippen LogP contribution in [0.4, 0.5) is 0 Å². The Balaban J connectivity index is 2.37. The Morgan fingerprint density at radius 1 is 1.00 bits per heavy atom. The first-order valence-electron chi connectivity index (χ1n) is 7.70. The molecule has 3 heteroatoms. The molecule has 0 saturated carbocycles. The van der Waals surface area contributed by atoms with Crippen LogP contribution in [0.3, 0.4) is 0 Å². The van der Waals surface area contributed by atoms with E-state index in [0.717, 1.165) is 11.1 Å². The van der Waals surface area contributed by atoms with E-state index in [2.05, 4.69) is 17.9 Å². The van der Waals surface area contributed by atoms with Gasteiger partial charge in [-0.1, -0.05) is 42.2 Å². The molecule has 120 valence electrons. The van der Waals surface area contributed by atoms with Gasteiger partial charge >= 0.3 is 5.97 Å². The highest BCUT2D eigenvalue weighted by Gasteiger charge is 2.19. The predicted molar refractivity (Wildman–Crippen MR) is 93.3 cm³/mol. The van der Waals surface area contributed by atoms with Crippen LogP contribution < -0.4 is 0 Å². The van der Waals surface area contributed by atoms with Gasteiger partial charge in [-0.3, -0.25) is 0 Å². The first kappa shape index (κ1) is 17.3. The van der Waals surface area contributed by atoms with Crippen LogP contribution in [0.25, 0.3) is 0 Å². The van der Waals surface area contributed by atoms with Gasteiger partial charge in [0.25, 0.3) is 0 Å². The molecule has 0 aliphatic heterocycles. The lowest BCUT2D eigenvalue weighted by atomic mass is 10.0. The van der Waals surface area contributed by atoms with Crippen LogP contribution in [-0.2, 0) is 11.2 Å². The molecule has 0 bridgehead atoms. The maximum absolute atomic E-state index is 12.3. The van der Waals surface area contributed by atoms with E-state index >= 15 is 0 Å². The largest absolute Gasteiger partial charge is 0.456 e. The predicted octanol–water partition coefficient (Wildman–Crippen LogP) is 4.11. The van der Waals surface area contributed by atoms with Crippen LogP contribution in [0.2, 0.25) is 0 Å². The number of esters is 1. The van der Waals surface area contributed by atoms with Crippen LogP contribution in [0.5, 0.6) is 0 Å². The van der Waals surface area contributed by atoms with E-state index in [0.29, 0.717) is 17.5 Å². The molecule has 0 spiro atoms. The van der Waals surface area contributed by atoms with E-state index in [9.17, 15) is 4.79 Å². The molecule has 0 aliphatic rings. The summed E-state index contributed by atoms with van der Waals surface area (Å²) in [6, 6.07) is 16.8. The van der Waals surface area contributed by atoms with Crippen molar-refractivity contribution in [1.82, 2.24) is 0 Å². The van der Waals surface area contributed by atoms with Crippen LogP contribution in [0.1, 0.15) is 47.8 Å². The van der Waals surface area contributed by atoms with E-state index in [-0.39, 0.29) is 0 Å². The van der Waals surface area contributed by atoms with E-state index < -0.39 is 11.6 Å². The van der Waals surface area contributed by atoms with Crippen molar-refractivity contribution in [2.75, 3.05) is 0 Å². The molecule has 2 rings (SSSR count). The second kappa shape index (κ2) is 7.49. The van der Waals surface area contributed by atoms with E-state index in [1.807, 2.05) is 51.1 Å². The Kier molecular flexibility index (Phi) is 5.40. The van der Waals surface area contributed by atoms with Crippen LogP contribution in [0.15, 0.2) is 48.5 Å². The van der Waals surface area contributed by atoms with Crippen LogP contribution >= 0.6 is 0 Å². The normalized spacial score (nSPS) is 10.2. The summed E-state index contributed by atoms with van der Waals surface area (Å²) in [5, 5.41) is 8.90. The molecule has 3 nitrogen and oxygen atoms in total. The number of carbonyl (C=O) groups excluding carboxylic acids is 1. The molecular formula is C21H19NO2. The van der Waals surface area contributed by atoms with Gasteiger partial charge in [0.2, 0.25) is 0 Å². The van der Waals surface area contributed by atoms with Crippen molar-refractivity contribution in [1.29, 1.82) is 5.26 Å². The van der Waals surface area contributed by atoms with Crippen molar-refractivity contribution in [2.45, 2.75) is 32.8 Å². The van der Waals surface area contributed by atoms with Crippen molar-refractivity contribution >= 4 is 5.97 Å². The number of hydrogen-bond acceptors (Lipinski definition) is 3. The van der Waals surface area contributed by atoms with Crippen molar-refractivity contribution in [3.8, 4) is 17.9 Å². The highest BCUT2D eigenvalue weighted by Crippen LogP contribution is 2.15. The lowest BCUT2D eigenvalue weighted by Crippen LogP contribution is -2.24. The molecule has 24 heavy (non-hydrogen) atoms. The third-order valence-corrected chi connectivity index (χ3v) is 3.16. The van der Waals surface area contributed by atoms with Crippen LogP contribution in [-0.4, -0.2) is 11.6 Å². The molecule has 0 heterocycles. The number of hydrogen-bond donors (Lipinski definition) is 0. The lowest BCUT2D eigenvalue weighted by Gasteiger charge is -2.19. The Hall–Kier alpha value is -3.04. The molecule has 0 unspecified atom stereocenters. The second-order valence-electron chi connectivity index (χ2n) is 6.29. The number of benzene rings is 2. The molecule has 0 aliphatic carbocycles. The highest BCUT2D eigenvalue weighted by atomic mass is 16.6. The molecule has 0 atom stereocenters. The van der Waals surface area contributed by atoms with Gasteiger partial charge in [0.1, 0.15) is 5.60 Å². The monoisotopic (exact) mass is 317 g/mol. The zero-order valence-corrected chi connectivity index (χ0v) is 14.1. The number of nitrogens with zero attached hydrogens (tertiary/aromatic N) is 1. The summed E-state index contributed by atoms with van der Waals surface area (Å²) in [4.78, 5) is 12.3. The van der Waals surface area contributed by atoms with Gasteiger partial charge in [0.15, 0.2) is 0 Å². The van der Waals surface area contributed by atoms with Gasteiger partial charge in [-0.25, -0.2) is 4.79 Å². The number of carbonyl (C=O) groups is 1. The second-order valence-corrected chi connectivity index (χ2v) is 6.29. The molecule has 0 saturated heterocycles. The zero-order valence-electron chi connectivity index (χ0n) is 14.1. The SMILES string of the molecule is CC(C)(C)OC(=O)c1ccccc1C#Cc1ccccc1CC#N. The fourth-order valence-corrected chi connectivity index (χ4v) is 2.12. The maximum Gasteiger partial charge on any atom is 0.339 e.